The molecule has 2 aliphatic rings. The van der Waals surface area contributed by atoms with E-state index in [1.165, 1.54) is 4.90 Å². The van der Waals surface area contributed by atoms with Crippen molar-refractivity contribution in [1.82, 2.24) is 4.90 Å². The minimum atomic E-state index is -1.07. The summed E-state index contributed by atoms with van der Waals surface area (Å²) in [7, 11) is 0. The average molecular weight is 277 g/mol. The first-order chi connectivity index (χ1) is 9.12. The summed E-state index contributed by atoms with van der Waals surface area (Å²) in [6.45, 7) is 8.94. The topological polar surface area (TPSA) is 66.8 Å². The molecule has 0 aromatic heterocycles. The number of likely N-dealkylation sites (tertiary alicyclic amines) is 1. The van der Waals surface area contributed by atoms with Crippen molar-refractivity contribution >= 4 is 12.1 Å². The lowest BCUT2D eigenvalue weighted by molar-refractivity contribution is -0.143. The number of piperidine rings is 1. The molecule has 0 radical (unpaired) electrons. The molecular formula is C15H19NO4. The van der Waals surface area contributed by atoms with E-state index in [0.717, 1.165) is 0 Å². The molecule has 20 heavy (non-hydrogen) atoms. The first-order valence-electron chi connectivity index (χ1n) is 6.49. The van der Waals surface area contributed by atoms with Crippen LogP contribution in [0.15, 0.2) is 12.7 Å². The van der Waals surface area contributed by atoms with Crippen LogP contribution < -0.4 is 0 Å². The van der Waals surface area contributed by atoms with Crippen molar-refractivity contribution in [3.8, 4) is 12.3 Å². The molecule has 1 saturated carbocycles. The van der Waals surface area contributed by atoms with Gasteiger partial charge in [0.25, 0.3) is 0 Å². The number of carbonyl (C=O) groups is 2. The van der Waals surface area contributed by atoms with E-state index in [4.69, 9.17) is 11.2 Å². The first-order valence-corrected chi connectivity index (χ1v) is 6.49. The van der Waals surface area contributed by atoms with Gasteiger partial charge in [-0.05, 0) is 33.6 Å². The SMILES string of the molecule is C#C[C@]12C[C@@H](C(=O)O)N(C(=O)OC(C)(C)C)[C@@]1(C=C)C2. The number of ether oxygens (including phenoxy) is 1. The molecule has 1 aliphatic carbocycles. The van der Waals surface area contributed by atoms with Gasteiger partial charge in [0.1, 0.15) is 11.6 Å². The number of carboxylic acids is 1. The van der Waals surface area contributed by atoms with Gasteiger partial charge < -0.3 is 9.84 Å². The largest absolute Gasteiger partial charge is 0.480 e. The molecule has 2 fully saturated rings. The second-order valence-electron chi connectivity index (χ2n) is 6.44. The van der Waals surface area contributed by atoms with Crippen LogP contribution in [0, 0.1) is 17.8 Å². The second-order valence-corrected chi connectivity index (χ2v) is 6.44. The highest BCUT2D eigenvalue weighted by Crippen LogP contribution is 2.68. The minimum absolute atomic E-state index is 0.240. The van der Waals surface area contributed by atoms with E-state index in [9.17, 15) is 14.7 Å². The van der Waals surface area contributed by atoms with E-state index in [2.05, 4.69) is 12.5 Å². The maximum atomic E-state index is 12.4. The molecule has 108 valence electrons. The third kappa shape index (κ3) is 1.79. The van der Waals surface area contributed by atoms with Crippen LogP contribution in [0.5, 0.6) is 0 Å². The number of rotatable bonds is 2. The van der Waals surface area contributed by atoms with E-state index in [1.807, 2.05) is 0 Å². The van der Waals surface area contributed by atoms with Crippen LogP contribution in [-0.4, -0.2) is 39.3 Å². The van der Waals surface area contributed by atoms with Crippen LogP contribution in [0.3, 0.4) is 0 Å². The maximum Gasteiger partial charge on any atom is 0.411 e. The molecule has 0 bridgehead atoms. The Balaban J connectivity index is 2.37. The highest BCUT2D eigenvalue weighted by atomic mass is 16.6. The number of amides is 1. The Morgan fingerprint density at radius 2 is 2.15 bits per heavy atom. The molecule has 1 amide bonds. The Bertz CT molecular complexity index is 527. The Kier molecular flexibility index (Phi) is 2.90. The summed E-state index contributed by atoms with van der Waals surface area (Å²) in [5.74, 6) is 1.58. The number of carbonyl (C=O) groups excluding carboxylic acids is 1. The number of nitrogens with zero attached hydrogens (tertiary/aromatic N) is 1. The monoisotopic (exact) mass is 277 g/mol. The normalized spacial score (nSPS) is 34.9. The summed E-state index contributed by atoms with van der Waals surface area (Å²) in [5, 5.41) is 9.34. The van der Waals surface area contributed by atoms with Gasteiger partial charge in [0.2, 0.25) is 0 Å². The van der Waals surface area contributed by atoms with Crippen LogP contribution in [0.2, 0.25) is 0 Å². The summed E-state index contributed by atoms with van der Waals surface area (Å²) in [5.41, 5.74) is -2.10. The Labute approximate surface area is 118 Å². The molecule has 1 aliphatic heterocycles. The van der Waals surface area contributed by atoms with Crippen molar-refractivity contribution in [2.75, 3.05) is 0 Å². The zero-order valence-corrected chi connectivity index (χ0v) is 12.0. The molecule has 3 atom stereocenters. The van der Waals surface area contributed by atoms with Crippen LogP contribution in [-0.2, 0) is 9.53 Å². The predicted molar refractivity (Wildman–Crippen MR) is 72.9 cm³/mol. The smallest absolute Gasteiger partial charge is 0.411 e. The molecule has 2 rings (SSSR count). The molecule has 1 heterocycles. The highest BCUT2D eigenvalue weighted by Gasteiger charge is 2.77. The summed E-state index contributed by atoms with van der Waals surface area (Å²) in [4.78, 5) is 25.0. The highest BCUT2D eigenvalue weighted by molar-refractivity contribution is 5.84. The fourth-order valence-corrected chi connectivity index (χ4v) is 3.08. The number of hydrogen-bond donors (Lipinski definition) is 1. The fourth-order valence-electron chi connectivity index (χ4n) is 3.08. The number of hydrogen-bond acceptors (Lipinski definition) is 3. The molecule has 1 saturated heterocycles. The summed E-state index contributed by atoms with van der Waals surface area (Å²) in [6, 6.07) is -0.965. The van der Waals surface area contributed by atoms with E-state index >= 15 is 0 Å². The van der Waals surface area contributed by atoms with E-state index in [1.54, 1.807) is 26.8 Å². The van der Waals surface area contributed by atoms with Gasteiger partial charge >= 0.3 is 12.1 Å². The molecule has 0 aromatic carbocycles. The van der Waals surface area contributed by atoms with Gasteiger partial charge in [0, 0.05) is 0 Å². The Morgan fingerprint density at radius 1 is 1.55 bits per heavy atom. The minimum Gasteiger partial charge on any atom is -0.480 e. The third-order valence-electron chi connectivity index (χ3n) is 4.05. The number of terminal acetylenes is 1. The predicted octanol–water partition coefficient (Wildman–Crippen LogP) is 2.03. The zero-order valence-electron chi connectivity index (χ0n) is 12.0. The lowest BCUT2D eigenvalue weighted by Gasteiger charge is -2.32. The van der Waals surface area contributed by atoms with Gasteiger partial charge in [-0.2, -0.15) is 0 Å². The van der Waals surface area contributed by atoms with Crippen molar-refractivity contribution in [3.05, 3.63) is 12.7 Å². The van der Waals surface area contributed by atoms with Gasteiger partial charge in [-0.3, -0.25) is 4.90 Å². The van der Waals surface area contributed by atoms with Crippen LogP contribution >= 0.6 is 0 Å². The van der Waals surface area contributed by atoms with Gasteiger partial charge in [-0.25, -0.2) is 9.59 Å². The van der Waals surface area contributed by atoms with Crippen LogP contribution in [0.1, 0.15) is 33.6 Å². The van der Waals surface area contributed by atoms with Gasteiger partial charge in [0.15, 0.2) is 0 Å². The van der Waals surface area contributed by atoms with E-state index in [0.29, 0.717) is 6.42 Å². The molecule has 5 heteroatoms. The average Bonchev–Trinajstić information content (AvgIpc) is 2.87. The standard InChI is InChI=1S/C15H19NO4/c1-6-14-8-10(11(17)18)16(15(14,7-2)9-14)12(19)20-13(3,4)5/h1,7,10H,2,8-9H2,3-5H3,(H,17,18)/t10-,14+,15-/m0/s1. The second kappa shape index (κ2) is 4.02. The fraction of sp³-hybridized carbons (Fsp3) is 0.600. The Hall–Kier alpha value is -1.96. The summed E-state index contributed by atoms with van der Waals surface area (Å²) >= 11 is 0. The van der Waals surface area contributed by atoms with Crippen molar-refractivity contribution in [1.29, 1.82) is 0 Å². The van der Waals surface area contributed by atoms with E-state index < -0.39 is 34.7 Å². The quantitative estimate of drug-likeness (QED) is 0.619. The number of aliphatic carboxylic acids is 1. The van der Waals surface area contributed by atoms with Gasteiger partial charge in [-0.1, -0.05) is 12.0 Å². The number of carboxylic acid groups (broad SMARTS) is 1. The summed E-state index contributed by atoms with van der Waals surface area (Å²) < 4.78 is 5.32. The first kappa shape index (κ1) is 14.4. The molecule has 0 spiro atoms. The number of fused-ring (bicyclic) bond motifs is 1. The zero-order chi connectivity index (χ0) is 15.3. The van der Waals surface area contributed by atoms with Gasteiger partial charge in [0.05, 0.1) is 11.0 Å². The van der Waals surface area contributed by atoms with Gasteiger partial charge in [-0.15, -0.1) is 13.0 Å². The van der Waals surface area contributed by atoms with E-state index in [-0.39, 0.29) is 6.42 Å². The van der Waals surface area contributed by atoms with Crippen molar-refractivity contribution in [2.24, 2.45) is 5.41 Å². The maximum absolute atomic E-state index is 12.4. The summed E-state index contributed by atoms with van der Waals surface area (Å²) in [6.07, 6.45) is 7.27. The van der Waals surface area contributed by atoms with Crippen LogP contribution in [0.25, 0.3) is 0 Å². The van der Waals surface area contributed by atoms with Crippen molar-refractivity contribution in [3.63, 3.8) is 0 Å². The lowest BCUT2D eigenvalue weighted by Crippen LogP contribution is -2.49. The third-order valence-corrected chi connectivity index (χ3v) is 4.05. The molecule has 0 unspecified atom stereocenters. The van der Waals surface area contributed by atoms with Crippen molar-refractivity contribution < 1.29 is 19.4 Å². The molecule has 1 N–H and O–H groups in total. The van der Waals surface area contributed by atoms with Crippen LogP contribution in [0.4, 0.5) is 4.79 Å². The Morgan fingerprint density at radius 3 is 2.55 bits per heavy atom. The molecule has 0 aromatic rings. The van der Waals surface area contributed by atoms with Crippen molar-refractivity contribution in [2.45, 2.75) is 50.8 Å². The molecule has 5 nitrogen and oxygen atoms in total. The lowest BCUT2D eigenvalue weighted by atomic mass is 9.98. The molecular weight excluding hydrogens is 258 g/mol.